The lowest BCUT2D eigenvalue weighted by Crippen LogP contribution is -2.42. The van der Waals surface area contributed by atoms with Crippen LogP contribution in [0.2, 0.25) is 0 Å². The predicted molar refractivity (Wildman–Crippen MR) is 95.8 cm³/mol. The maximum atomic E-state index is 11.8. The van der Waals surface area contributed by atoms with Gasteiger partial charge < -0.3 is 15.4 Å². The van der Waals surface area contributed by atoms with Gasteiger partial charge in [-0.1, -0.05) is 18.2 Å². The number of rotatable bonds is 7. The third-order valence-electron chi connectivity index (χ3n) is 3.80. The molecule has 2 rings (SSSR count). The van der Waals surface area contributed by atoms with Crippen molar-refractivity contribution in [1.29, 1.82) is 0 Å². The normalized spacial score (nSPS) is 17.7. The van der Waals surface area contributed by atoms with E-state index in [1.807, 2.05) is 31.2 Å². The van der Waals surface area contributed by atoms with E-state index in [2.05, 4.69) is 15.6 Å². The van der Waals surface area contributed by atoms with E-state index in [4.69, 9.17) is 4.74 Å². The van der Waals surface area contributed by atoms with Crippen LogP contribution in [0.3, 0.4) is 0 Å². The van der Waals surface area contributed by atoms with Crippen molar-refractivity contribution in [3.63, 3.8) is 0 Å². The molecule has 0 aliphatic carbocycles. The molecule has 1 aliphatic heterocycles. The Labute approximate surface area is 144 Å². The SMILES string of the molecule is CCNC(=NCc1ccccc1OC)NCCN1CCCS1(=O)=O. The van der Waals surface area contributed by atoms with Crippen LogP contribution in [0, 0.1) is 0 Å². The Morgan fingerprint density at radius 1 is 1.33 bits per heavy atom. The molecule has 1 heterocycles. The second-order valence-electron chi connectivity index (χ2n) is 5.50. The summed E-state index contributed by atoms with van der Waals surface area (Å²) in [7, 11) is -1.40. The van der Waals surface area contributed by atoms with Crippen LogP contribution in [0.4, 0.5) is 0 Å². The van der Waals surface area contributed by atoms with Gasteiger partial charge in [-0.15, -0.1) is 0 Å². The standard InChI is InChI=1S/C16H26N4O3S/c1-3-17-16(18-9-11-20-10-6-12-24(20,21)22)19-13-14-7-4-5-8-15(14)23-2/h4-5,7-8H,3,6,9-13H2,1-2H3,(H2,17,18,19). The van der Waals surface area contributed by atoms with Gasteiger partial charge in [0.2, 0.25) is 10.0 Å². The molecule has 7 nitrogen and oxygen atoms in total. The zero-order valence-electron chi connectivity index (χ0n) is 14.3. The molecule has 0 radical (unpaired) electrons. The fraction of sp³-hybridized carbons (Fsp3) is 0.562. The highest BCUT2D eigenvalue weighted by Crippen LogP contribution is 2.17. The number of sulfonamides is 1. The van der Waals surface area contributed by atoms with Gasteiger partial charge in [0.25, 0.3) is 0 Å². The van der Waals surface area contributed by atoms with E-state index < -0.39 is 10.0 Å². The van der Waals surface area contributed by atoms with Crippen molar-refractivity contribution in [3.05, 3.63) is 29.8 Å². The Morgan fingerprint density at radius 3 is 2.79 bits per heavy atom. The van der Waals surface area contributed by atoms with Gasteiger partial charge in [0.15, 0.2) is 5.96 Å². The maximum Gasteiger partial charge on any atom is 0.214 e. The summed E-state index contributed by atoms with van der Waals surface area (Å²) in [6.45, 7) is 4.81. The molecule has 0 amide bonds. The number of para-hydroxylation sites is 1. The summed E-state index contributed by atoms with van der Waals surface area (Å²) in [5.41, 5.74) is 0.999. The van der Waals surface area contributed by atoms with Gasteiger partial charge >= 0.3 is 0 Å². The number of methoxy groups -OCH3 is 1. The molecule has 2 N–H and O–H groups in total. The lowest BCUT2D eigenvalue weighted by Gasteiger charge is -2.16. The molecule has 1 fully saturated rings. The monoisotopic (exact) mass is 354 g/mol. The van der Waals surface area contributed by atoms with Crippen LogP contribution in [0.5, 0.6) is 5.75 Å². The number of ether oxygens (including phenoxy) is 1. The molecular formula is C16H26N4O3S. The van der Waals surface area contributed by atoms with Crippen LogP contribution in [-0.2, 0) is 16.6 Å². The Morgan fingerprint density at radius 2 is 2.12 bits per heavy atom. The molecule has 1 aliphatic rings. The summed E-state index contributed by atoms with van der Waals surface area (Å²) >= 11 is 0. The summed E-state index contributed by atoms with van der Waals surface area (Å²) < 4.78 is 30.4. The average Bonchev–Trinajstić information content (AvgIpc) is 2.91. The van der Waals surface area contributed by atoms with Gasteiger partial charge in [-0.3, -0.25) is 0 Å². The third kappa shape index (κ3) is 5.10. The maximum absolute atomic E-state index is 11.8. The van der Waals surface area contributed by atoms with Crippen molar-refractivity contribution in [2.24, 2.45) is 4.99 Å². The fourth-order valence-corrected chi connectivity index (χ4v) is 4.11. The number of nitrogens with one attached hydrogen (secondary N) is 2. The molecule has 1 aromatic carbocycles. The number of guanidine groups is 1. The van der Waals surface area contributed by atoms with Gasteiger partial charge in [0.1, 0.15) is 5.75 Å². The lowest BCUT2D eigenvalue weighted by atomic mass is 10.2. The molecule has 0 saturated carbocycles. The molecule has 0 aromatic heterocycles. The summed E-state index contributed by atoms with van der Waals surface area (Å²) in [5.74, 6) is 1.73. The number of hydrogen-bond acceptors (Lipinski definition) is 4. The topological polar surface area (TPSA) is 83.0 Å². The predicted octanol–water partition coefficient (Wildman–Crippen LogP) is 0.786. The molecule has 8 heteroatoms. The molecule has 0 unspecified atom stereocenters. The first kappa shape index (κ1) is 18.5. The highest BCUT2D eigenvalue weighted by Gasteiger charge is 2.27. The summed E-state index contributed by atoms with van der Waals surface area (Å²) in [5, 5.41) is 6.35. The van der Waals surface area contributed by atoms with Crippen molar-refractivity contribution in [1.82, 2.24) is 14.9 Å². The zero-order valence-corrected chi connectivity index (χ0v) is 15.1. The summed E-state index contributed by atoms with van der Waals surface area (Å²) in [6.07, 6.45) is 0.713. The van der Waals surface area contributed by atoms with Crippen LogP contribution < -0.4 is 15.4 Å². The van der Waals surface area contributed by atoms with E-state index in [1.165, 1.54) is 4.31 Å². The Kier molecular flexibility index (Phi) is 6.86. The largest absolute Gasteiger partial charge is 0.496 e. The van der Waals surface area contributed by atoms with Gasteiger partial charge in [0, 0.05) is 31.7 Å². The van der Waals surface area contributed by atoms with Crippen molar-refractivity contribution >= 4 is 16.0 Å². The minimum atomic E-state index is -3.05. The lowest BCUT2D eigenvalue weighted by molar-refractivity contribution is 0.410. The average molecular weight is 354 g/mol. The second-order valence-corrected chi connectivity index (χ2v) is 7.59. The molecule has 0 atom stereocenters. The van der Waals surface area contributed by atoms with Crippen LogP contribution >= 0.6 is 0 Å². The number of nitrogens with zero attached hydrogens (tertiary/aromatic N) is 2. The summed E-state index contributed by atoms with van der Waals surface area (Å²) in [4.78, 5) is 4.54. The van der Waals surface area contributed by atoms with Crippen LogP contribution in [0.1, 0.15) is 18.9 Å². The molecule has 0 bridgehead atoms. The van der Waals surface area contributed by atoms with Crippen molar-refractivity contribution < 1.29 is 13.2 Å². The van der Waals surface area contributed by atoms with E-state index >= 15 is 0 Å². The number of hydrogen-bond donors (Lipinski definition) is 2. The molecule has 24 heavy (non-hydrogen) atoms. The number of aliphatic imine (C=N–C) groups is 1. The van der Waals surface area contributed by atoms with Crippen LogP contribution in [0.15, 0.2) is 29.3 Å². The van der Waals surface area contributed by atoms with Crippen molar-refractivity contribution in [2.75, 3.05) is 39.0 Å². The van der Waals surface area contributed by atoms with E-state index in [1.54, 1.807) is 7.11 Å². The van der Waals surface area contributed by atoms with Gasteiger partial charge in [-0.05, 0) is 19.4 Å². The van der Waals surface area contributed by atoms with Crippen molar-refractivity contribution in [2.45, 2.75) is 19.9 Å². The van der Waals surface area contributed by atoms with Crippen LogP contribution in [-0.4, -0.2) is 57.7 Å². The highest BCUT2D eigenvalue weighted by atomic mass is 32.2. The Bertz CT molecular complexity index is 661. The second kappa shape index (κ2) is 8.89. The smallest absolute Gasteiger partial charge is 0.214 e. The first-order valence-electron chi connectivity index (χ1n) is 8.18. The first-order chi connectivity index (χ1) is 11.6. The first-order valence-corrected chi connectivity index (χ1v) is 9.79. The third-order valence-corrected chi connectivity index (χ3v) is 5.76. The zero-order chi connectivity index (χ0) is 17.4. The van der Waals surface area contributed by atoms with E-state index in [0.29, 0.717) is 38.6 Å². The summed E-state index contributed by atoms with van der Waals surface area (Å²) in [6, 6.07) is 7.75. The van der Waals surface area contributed by atoms with Gasteiger partial charge in [-0.2, -0.15) is 0 Å². The van der Waals surface area contributed by atoms with E-state index in [-0.39, 0.29) is 5.75 Å². The fourth-order valence-electron chi connectivity index (χ4n) is 2.58. The van der Waals surface area contributed by atoms with Crippen molar-refractivity contribution in [3.8, 4) is 5.75 Å². The van der Waals surface area contributed by atoms with E-state index in [9.17, 15) is 8.42 Å². The highest BCUT2D eigenvalue weighted by molar-refractivity contribution is 7.89. The molecule has 1 saturated heterocycles. The Hall–Kier alpha value is -1.80. The minimum Gasteiger partial charge on any atom is -0.496 e. The van der Waals surface area contributed by atoms with Crippen LogP contribution in [0.25, 0.3) is 0 Å². The molecule has 1 aromatic rings. The molecule has 134 valence electrons. The number of benzene rings is 1. The van der Waals surface area contributed by atoms with Gasteiger partial charge in [0.05, 0.1) is 19.4 Å². The quantitative estimate of drug-likeness (QED) is 0.559. The Balaban J connectivity index is 1.91. The minimum absolute atomic E-state index is 0.259. The molecule has 0 spiro atoms. The van der Waals surface area contributed by atoms with E-state index in [0.717, 1.165) is 17.9 Å². The molecular weight excluding hydrogens is 328 g/mol. The van der Waals surface area contributed by atoms with Gasteiger partial charge in [-0.25, -0.2) is 17.7 Å².